The first kappa shape index (κ1) is 90.1. The summed E-state index contributed by atoms with van der Waals surface area (Å²) in [5, 5.41) is 10.6. The zero-order chi connectivity index (χ0) is 68.2. The molecule has 546 valence electrons. The van der Waals surface area contributed by atoms with E-state index in [4.69, 9.17) is 37.0 Å². The van der Waals surface area contributed by atoms with E-state index in [2.05, 4.69) is 55.4 Å². The van der Waals surface area contributed by atoms with E-state index >= 15 is 0 Å². The maximum atomic E-state index is 13.0. The molecule has 0 rings (SSSR count). The third-order valence-electron chi connectivity index (χ3n) is 17.5. The molecule has 0 aromatic heterocycles. The van der Waals surface area contributed by atoms with Gasteiger partial charge in [-0.05, 0) is 49.4 Å². The first-order chi connectivity index (χ1) is 44.2. The Kier molecular flexibility index (Phi) is 61.3. The van der Waals surface area contributed by atoms with Crippen LogP contribution in [0.15, 0.2) is 0 Å². The molecule has 0 bridgehead atoms. The highest BCUT2D eigenvalue weighted by Crippen LogP contribution is 2.45. The number of rotatable bonds is 70. The number of hydrogen-bond acceptors (Lipinski definition) is 15. The molecular formula is C73H142O17P2. The summed E-state index contributed by atoms with van der Waals surface area (Å²) in [4.78, 5) is 72.6. The van der Waals surface area contributed by atoms with Gasteiger partial charge in [-0.2, -0.15) is 0 Å². The lowest BCUT2D eigenvalue weighted by molar-refractivity contribution is -0.161. The normalized spacial score (nSPS) is 14.8. The highest BCUT2D eigenvalue weighted by molar-refractivity contribution is 7.47. The standard InChI is InChI=1S/C73H142O17P2/c1-9-65(7)51-43-35-27-20-15-13-11-12-14-16-21-28-37-45-53-70(75)83-60-69(90-73(78)56-48-40-32-31-36-44-52-66(8)10-2)62-88-92(81,82)86-58-67(74)57-85-91(79,80)87-61-68(59-84-71(76)54-46-38-29-24-23-26-34-42-50-64(5)6)89-72(77)55-47-39-30-22-18-17-19-25-33-41-49-63(3)4/h63-69,74H,9-62H2,1-8H3,(H,79,80)(H,81,82)/t65?,66?,67?,68-,69-/m1/s1. The van der Waals surface area contributed by atoms with E-state index in [0.717, 1.165) is 114 Å². The number of carbonyl (C=O) groups excluding carboxylic acids is 4. The van der Waals surface area contributed by atoms with E-state index in [9.17, 15) is 43.2 Å². The lowest BCUT2D eigenvalue weighted by atomic mass is 9.99. The number of carbonyl (C=O) groups is 4. The van der Waals surface area contributed by atoms with E-state index in [1.807, 2.05) is 0 Å². The summed E-state index contributed by atoms with van der Waals surface area (Å²) in [7, 11) is -9.91. The van der Waals surface area contributed by atoms with Gasteiger partial charge >= 0.3 is 39.5 Å². The lowest BCUT2D eigenvalue weighted by Crippen LogP contribution is -2.30. The number of esters is 4. The van der Waals surface area contributed by atoms with Crippen LogP contribution in [0.4, 0.5) is 0 Å². The van der Waals surface area contributed by atoms with Crippen LogP contribution in [-0.4, -0.2) is 96.7 Å². The summed E-state index contributed by atoms with van der Waals surface area (Å²) in [5.74, 6) is 0.920. The fraction of sp³-hybridized carbons (Fsp3) is 0.945. The minimum absolute atomic E-state index is 0.103. The first-order valence-corrected chi connectivity index (χ1v) is 40.8. The van der Waals surface area contributed by atoms with E-state index in [-0.39, 0.29) is 25.7 Å². The Morgan fingerprint density at radius 1 is 0.304 bits per heavy atom. The van der Waals surface area contributed by atoms with Crippen molar-refractivity contribution in [1.82, 2.24) is 0 Å². The largest absolute Gasteiger partial charge is 0.472 e. The summed E-state index contributed by atoms with van der Waals surface area (Å²) in [6.45, 7) is 14.1. The number of hydrogen-bond donors (Lipinski definition) is 3. The van der Waals surface area contributed by atoms with Gasteiger partial charge in [0.1, 0.15) is 19.3 Å². The Balaban J connectivity index is 5.21. The molecule has 0 aliphatic carbocycles. The molecule has 0 aliphatic rings. The van der Waals surface area contributed by atoms with Crippen LogP contribution in [0.25, 0.3) is 0 Å². The van der Waals surface area contributed by atoms with Gasteiger partial charge in [0.15, 0.2) is 12.2 Å². The van der Waals surface area contributed by atoms with Crippen molar-refractivity contribution in [2.45, 2.75) is 382 Å². The molecule has 0 fully saturated rings. The van der Waals surface area contributed by atoms with Gasteiger partial charge in [-0.15, -0.1) is 0 Å². The van der Waals surface area contributed by atoms with Crippen molar-refractivity contribution in [2.75, 3.05) is 39.6 Å². The quantitative estimate of drug-likeness (QED) is 0.0222. The van der Waals surface area contributed by atoms with Crippen LogP contribution in [-0.2, 0) is 65.4 Å². The number of unbranched alkanes of at least 4 members (excludes halogenated alkanes) is 34. The Labute approximate surface area is 562 Å². The summed E-state index contributed by atoms with van der Waals surface area (Å²) in [6.07, 6.45) is 45.9. The summed E-state index contributed by atoms with van der Waals surface area (Å²) in [5.41, 5.74) is 0. The fourth-order valence-corrected chi connectivity index (χ4v) is 12.5. The average Bonchev–Trinajstić information content (AvgIpc) is 3.65. The zero-order valence-corrected chi connectivity index (χ0v) is 62.0. The number of aliphatic hydroxyl groups is 1. The number of aliphatic hydroxyl groups excluding tert-OH is 1. The van der Waals surface area contributed by atoms with Gasteiger partial charge in [0.2, 0.25) is 0 Å². The number of ether oxygens (including phenoxy) is 4. The molecule has 7 atom stereocenters. The molecule has 0 aromatic carbocycles. The van der Waals surface area contributed by atoms with Gasteiger partial charge in [-0.1, -0.05) is 312 Å². The van der Waals surface area contributed by atoms with Crippen LogP contribution in [0.5, 0.6) is 0 Å². The highest BCUT2D eigenvalue weighted by atomic mass is 31.2. The molecule has 19 heteroatoms. The minimum atomic E-state index is -4.95. The number of phosphoric acid groups is 2. The van der Waals surface area contributed by atoms with Crippen molar-refractivity contribution >= 4 is 39.5 Å². The highest BCUT2D eigenvalue weighted by Gasteiger charge is 2.30. The molecule has 3 N–H and O–H groups in total. The SMILES string of the molecule is CCC(C)CCCCCCCCCCCCCCCCC(=O)OC[C@H](COP(=O)(O)OCC(O)COP(=O)(O)OC[C@@H](COC(=O)CCCCCCCCCCC(C)C)OC(=O)CCCCCCCCCCCCC(C)C)OC(=O)CCCCCCCCC(C)CC. The first-order valence-electron chi connectivity index (χ1n) is 37.8. The topological polar surface area (TPSA) is 237 Å². The van der Waals surface area contributed by atoms with E-state index in [0.29, 0.717) is 25.7 Å². The Morgan fingerprint density at radius 2 is 0.522 bits per heavy atom. The minimum Gasteiger partial charge on any atom is -0.462 e. The van der Waals surface area contributed by atoms with E-state index in [1.165, 1.54) is 167 Å². The van der Waals surface area contributed by atoms with Gasteiger partial charge in [0.05, 0.1) is 26.4 Å². The molecule has 0 spiro atoms. The summed E-state index contributed by atoms with van der Waals surface area (Å²) in [6, 6.07) is 0. The molecule has 0 radical (unpaired) electrons. The lowest BCUT2D eigenvalue weighted by Gasteiger charge is -2.21. The Hall–Kier alpha value is -1.94. The van der Waals surface area contributed by atoms with Crippen molar-refractivity contribution in [3.8, 4) is 0 Å². The molecular weight excluding hydrogens is 1210 g/mol. The zero-order valence-electron chi connectivity index (χ0n) is 60.2. The summed E-state index contributed by atoms with van der Waals surface area (Å²) >= 11 is 0. The smallest absolute Gasteiger partial charge is 0.462 e. The van der Waals surface area contributed by atoms with Crippen molar-refractivity contribution in [3.05, 3.63) is 0 Å². The average molecular weight is 1350 g/mol. The van der Waals surface area contributed by atoms with Gasteiger partial charge < -0.3 is 33.8 Å². The molecule has 0 aliphatic heterocycles. The molecule has 0 saturated heterocycles. The van der Waals surface area contributed by atoms with Crippen molar-refractivity contribution < 1.29 is 80.2 Å². The predicted molar refractivity (Wildman–Crippen MR) is 372 cm³/mol. The van der Waals surface area contributed by atoms with Crippen molar-refractivity contribution in [1.29, 1.82) is 0 Å². The van der Waals surface area contributed by atoms with E-state index < -0.39 is 97.5 Å². The molecule has 0 heterocycles. The predicted octanol–water partition coefficient (Wildman–Crippen LogP) is 20.9. The van der Waals surface area contributed by atoms with Gasteiger partial charge in [0, 0.05) is 25.7 Å². The maximum absolute atomic E-state index is 13.0. The Bertz CT molecular complexity index is 1820. The van der Waals surface area contributed by atoms with Crippen LogP contribution < -0.4 is 0 Å². The maximum Gasteiger partial charge on any atom is 0.472 e. The fourth-order valence-electron chi connectivity index (χ4n) is 11.0. The second kappa shape index (κ2) is 62.6. The third-order valence-corrected chi connectivity index (χ3v) is 19.4. The van der Waals surface area contributed by atoms with Crippen LogP contribution >= 0.6 is 15.6 Å². The second-order valence-corrected chi connectivity index (χ2v) is 30.7. The molecule has 0 saturated carbocycles. The Morgan fingerprint density at radius 3 is 0.772 bits per heavy atom. The van der Waals surface area contributed by atoms with Crippen LogP contribution in [0.3, 0.4) is 0 Å². The van der Waals surface area contributed by atoms with Crippen molar-refractivity contribution in [3.63, 3.8) is 0 Å². The molecule has 17 nitrogen and oxygen atoms in total. The number of phosphoric ester groups is 2. The van der Waals surface area contributed by atoms with Crippen molar-refractivity contribution in [2.24, 2.45) is 23.7 Å². The van der Waals surface area contributed by atoms with Gasteiger partial charge in [-0.3, -0.25) is 37.3 Å². The van der Waals surface area contributed by atoms with Crippen LogP contribution in [0, 0.1) is 23.7 Å². The van der Waals surface area contributed by atoms with Crippen LogP contribution in [0.1, 0.15) is 364 Å². The van der Waals surface area contributed by atoms with Gasteiger partial charge in [-0.25, -0.2) is 9.13 Å². The van der Waals surface area contributed by atoms with Gasteiger partial charge in [0.25, 0.3) is 0 Å². The van der Waals surface area contributed by atoms with Crippen LogP contribution in [0.2, 0.25) is 0 Å². The molecule has 5 unspecified atom stereocenters. The monoisotopic (exact) mass is 1350 g/mol. The third kappa shape index (κ3) is 64.1. The molecule has 0 aromatic rings. The second-order valence-electron chi connectivity index (χ2n) is 27.8. The van der Waals surface area contributed by atoms with E-state index in [1.54, 1.807) is 0 Å². The molecule has 92 heavy (non-hydrogen) atoms. The molecule has 0 amide bonds. The summed E-state index contributed by atoms with van der Waals surface area (Å²) < 4.78 is 68.4.